The van der Waals surface area contributed by atoms with Gasteiger partial charge in [0.1, 0.15) is 0 Å². The molecule has 8 nitrogen and oxygen atoms in total. The van der Waals surface area contributed by atoms with Crippen LogP contribution in [0.2, 0.25) is 0 Å². The van der Waals surface area contributed by atoms with Crippen molar-refractivity contribution in [1.29, 1.82) is 0 Å². The number of amides is 1. The van der Waals surface area contributed by atoms with E-state index in [1.54, 1.807) is 18.2 Å². The fourth-order valence-electron chi connectivity index (χ4n) is 1.56. The summed E-state index contributed by atoms with van der Waals surface area (Å²) >= 11 is 0. The van der Waals surface area contributed by atoms with Gasteiger partial charge in [-0.05, 0) is 18.6 Å². The lowest BCUT2D eigenvalue weighted by Gasteiger charge is -2.08. The fraction of sp³-hybridized carbons (Fsp3) is 0.333. The molecule has 124 valence electrons. The van der Waals surface area contributed by atoms with E-state index in [4.69, 9.17) is 4.74 Å². The third kappa shape index (κ3) is 7.60. The van der Waals surface area contributed by atoms with Gasteiger partial charge in [-0.3, -0.25) is 14.9 Å². The molecular weight excluding hydrogens is 302 g/mol. The van der Waals surface area contributed by atoms with E-state index in [2.05, 4.69) is 10.6 Å². The van der Waals surface area contributed by atoms with Crippen LogP contribution in [-0.4, -0.2) is 36.5 Å². The lowest BCUT2D eigenvalue weighted by molar-refractivity contribution is -0.384. The van der Waals surface area contributed by atoms with Crippen LogP contribution in [-0.2, 0) is 14.3 Å². The number of nitro benzene ring substituents is 1. The van der Waals surface area contributed by atoms with Crippen LogP contribution in [0.5, 0.6) is 0 Å². The van der Waals surface area contributed by atoms with Gasteiger partial charge < -0.3 is 15.4 Å². The molecule has 0 aliphatic carbocycles. The molecule has 1 rings (SSSR count). The number of ether oxygens (including phenoxy) is 1. The number of rotatable bonds is 9. The molecule has 0 atom stereocenters. The number of nitro groups is 1. The molecule has 0 saturated carbocycles. The summed E-state index contributed by atoms with van der Waals surface area (Å²) in [6, 6.07) is 5.96. The first-order chi connectivity index (χ1) is 11.0. The zero-order chi connectivity index (χ0) is 17.1. The van der Waals surface area contributed by atoms with Crippen LogP contribution < -0.4 is 10.6 Å². The van der Waals surface area contributed by atoms with Crippen LogP contribution >= 0.6 is 0 Å². The number of hydrogen-bond donors (Lipinski definition) is 2. The maximum Gasteiger partial charge on any atom is 0.330 e. The largest absolute Gasteiger partial charge is 0.452 e. The minimum absolute atomic E-state index is 0.0165. The van der Waals surface area contributed by atoms with Crippen molar-refractivity contribution < 1.29 is 19.2 Å². The van der Waals surface area contributed by atoms with Gasteiger partial charge in [0.05, 0.1) is 4.92 Å². The number of hydrogen-bond acceptors (Lipinski definition) is 6. The molecule has 23 heavy (non-hydrogen) atoms. The smallest absolute Gasteiger partial charge is 0.330 e. The Kier molecular flexibility index (Phi) is 7.84. The predicted molar refractivity (Wildman–Crippen MR) is 85.0 cm³/mol. The topological polar surface area (TPSA) is 111 Å². The molecule has 0 aliphatic rings. The molecule has 0 heterocycles. The van der Waals surface area contributed by atoms with Crippen LogP contribution in [0.1, 0.15) is 13.3 Å². The van der Waals surface area contributed by atoms with Crippen molar-refractivity contribution in [2.45, 2.75) is 13.3 Å². The highest BCUT2D eigenvalue weighted by Crippen LogP contribution is 2.14. The summed E-state index contributed by atoms with van der Waals surface area (Å²) in [7, 11) is 0. The first-order valence-corrected chi connectivity index (χ1v) is 7.11. The number of allylic oxidation sites excluding steroid dienone is 1. The first-order valence-electron chi connectivity index (χ1n) is 7.11. The van der Waals surface area contributed by atoms with Gasteiger partial charge in [0.2, 0.25) is 0 Å². The third-order valence-electron chi connectivity index (χ3n) is 2.69. The summed E-state index contributed by atoms with van der Waals surface area (Å²) in [5.74, 6) is -0.945. The number of benzene rings is 1. The molecule has 0 fully saturated rings. The Morgan fingerprint density at radius 3 is 2.57 bits per heavy atom. The number of carbonyl (C=O) groups excluding carboxylic acids is 2. The Bertz CT molecular complexity index is 569. The number of carbonyl (C=O) groups is 2. The van der Waals surface area contributed by atoms with Crippen molar-refractivity contribution in [3.05, 3.63) is 46.5 Å². The van der Waals surface area contributed by atoms with E-state index in [0.29, 0.717) is 18.8 Å². The summed E-state index contributed by atoms with van der Waals surface area (Å²) in [6.07, 6.45) is 3.65. The normalized spacial score (nSPS) is 10.3. The zero-order valence-corrected chi connectivity index (χ0v) is 12.8. The second kappa shape index (κ2) is 9.93. The molecular formula is C15H19N3O5. The van der Waals surface area contributed by atoms with Crippen molar-refractivity contribution in [1.82, 2.24) is 5.32 Å². The second-order valence-corrected chi connectivity index (χ2v) is 4.50. The van der Waals surface area contributed by atoms with Gasteiger partial charge in [-0.2, -0.15) is 0 Å². The van der Waals surface area contributed by atoms with E-state index in [1.165, 1.54) is 18.2 Å². The average Bonchev–Trinajstić information content (AvgIpc) is 2.55. The molecule has 1 aromatic rings. The van der Waals surface area contributed by atoms with Crippen LogP contribution in [0.3, 0.4) is 0 Å². The Morgan fingerprint density at radius 1 is 1.26 bits per heavy atom. The molecule has 1 amide bonds. The summed E-state index contributed by atoms with van der Waals surface area (Å²) in [6.45, 7) is 2.32. The molecule has 0 saturated heterocycles. The highest BCUT2D eigenvalue weighted by molar-refractivity contribution is 5.85. The Hall–Kier alpha value is -2.90. The molecule has 0 spiro atoms. The average molecular weight is 321 g/mol. The standard InChI is InChI=1S/C15H19N3O5/c1-2-3-4-15(20)23-11-14(19)17-10-9-16-12-5-7-13(8-6-12)18(21)22/h3-8,16H,2,9-11H2,1H3,(H,17,19)/b4-3+. The van der Waals surface area contributed by atoms with Crippen molar-refractivity contribution >= 4 is 23.3 Å². The third-order valence-corrected chi connectivity index (χ3v) is 2.69. The second-order valence-electron chi connectivity index (χ2n) is 4.50. The number of anilines is 1. The summed E-state index contributed by atoms with van der Waals surface area (Å²) < 4.78 is 4.73. The molecule has 1 aromatic carbocycles. The number of nitrogens with zero attached hydrogens (tertiary/aromatic N) is 1. The maximum atomic E-state index is 11.4. The highest BCUT2D eigenvalue weighted by Gasteiger charge is 2.05. The molecule has 0 bridgehead atoms. The van der Waals surface area contributed by atoms with E-state index in [9.17, 15) is 19.7 Å². The Labute approximate surface area is 133 Å². The van der Waals surface area contributed by atoms with Crippen LogP contribution in [0, 0.1) is 10.1 Å². The SMILES string of the molecule is CC/C=C/C(=O)OCC(=O)NCCNc1ccc([N+](=O)[O-])cc1. The van der Waals surface area contributed by atoms with Crippen molar-refractivity contribution in [2.75, 3.05) is 25.0 Å². The molecule has 0 aromatic heterocycles. The van der Waals surface area contributed by atoms with E-state index < -0.39 is 16.8 Å². The lowest BCUT2D eigenvalue weighted by Crippen LogP contribution is -2.32. The van der Waals surface area contributed by atoms with E-state index in [0.717, 1.165) is 6.42 Å². The number of esters is 1. The zero-order valence-electron chi connectivity index (χ0n) is 12.8. The minimum Gasteiger partial charge on any atom is -0.452 e. The first kappa shape index (κ1) is 18.1. The van der Waals surface area contributed by atoms with Crippen molar-refractivity contribution in [2.24, 2.45) is 0 Å². The van der Waals surface area contributed by atoms with Gasteiger partial charge in [0, 0.05) is 37.0 Å². The quantitative estimate of drug-likeness (QED) is 0.235. The number of nitrogens with one attached hydrogen (secondary N) is 2. The summed E-state index contributed by atoms with van der Waals surface area (Å²) in [4.78, 5) is 32.6. The van der Waals surface area contributed by atoms with E-state index >= 15 is 0 Å². The molecule has 0 radical (unpaired) electrons. The Balaban J connectivity index is 2.19. The van der Waals surface area contributed by atoms with Crippen molar-refractivity contribution in [3.63, 3.8) is 0 Å². The van der Waals surface area contributed by atoms with Gasteiger partial charge >= 0.3 is 5.97 Å². The van der Waals surface area contributed by atoms with Crippen LogP contribution in [0.4, 0.5) is 11.4 Å². The van der Waals surface area contributed by atoms with Gasteiger partial charge in [0.25, 0.3) is 11.6 Å². The maximum absolute atomic E-state index is 11.4. The van der Waals surface area contributed by atoms with E-state index in [1.807, 2.05) is 6.92 Å². The minimum atomic E-state index is -0.550. The van der Waals surface area contributed by atoms with Crippen LogP contribution in [0.25, 0.3) is 0 Å². The van der Waals surface area contributed by atoms with Gasteiger partial charge in [-0.1, -0.05) is 13.0 Å². The monoisotopic (exact) mass is 321 g/mol. The lowest BCUT2D eigenvalue weighted by atomic mass is 10.3. The highest BCUT2D eigenvalue weighted by atomic mass is 16.6. The summed E-state index contributed by atoms with van der Waals surface area (Å²) in [5.41, 5.74) is 0.726. The molecule has 0 aliphatic heterocycles. The Morgan fingerprint density at radius 2 is 1.96 bits per heavy atom. The van der Waals surface area contributed by atoms with E-state index in [-0.39, 0.29) is 12.3 Å². The number of non-ortho nitro benzene ring substituents is 1. The molecule has 8 heteroatoms. The van der Waals surface area contributed by atoms with Gasteiger partial charge in [0.15, 0.2) is 6.61 Å². The fourth-order valence-corrected chi connectivity index (χ4v) is 1.56. The summed E-state index contributed by atoms with van der Waals surface area (Å²) in [5, 5.41) is 16.1. The van der Waals surface area contributed by atoms with Gasteiger partial charge in [-0.15, -0.1) is 0 Å². The van der Waals surface area contributed by atoms with Crippen LogP contribution in [0.15, 0.2) is 36.4 Å². The van der Waals surface area contributed by atoms with Gasteiger partial charge in [-0.25, -0.2) is 4.79 Å². The van der Waals surface area contributed by atoms with Crippen molar-refractivity contribution in [3.8, 4) is 0 Å². The predicted octanol–water partition coefficient (Wildman–Crippen LogP) is 1.63. The molecule has 2 N–H and O–H groups in total. The molecule has 0 unspecified atom stereocenters.